The molecule has 0 aliphatic heterocycles. The Balaban J connectivity index is 1.59. The molecule has 4 saturated carbocycles. The summed E-state index contributed by atoms with van der Waals surface area (Å²) in [5, 5.41) is 1.12. The quantitative estimate of drug-likeness (QED) is 0.812. The van der Waals surface area contributed by atoms with Gasteiger partial charge in [-0.05, 0) is 75.3 Å². The SMILES string of the molecule is CCOc1cccnc1SC12CC3CC(CC(C3)C1)C2. The second kappa shape index (κ2) is 4.94. The Morgan fingerprint density at radius 1 is 1.20 bits per heavy atom. The molecule has 0 atom stereocenters. The van der Waals surface area contributed by atoms with Crippen molar-refractivity contribution in [3.8, 4) is 5.75 Å². The summed E-state index contributed by atoms with van der Waals surface area (Å²) in [7, 11) is 0. The van der Waals surface area contributed by atoms with Gasteiger partial charge in [-0.15, -0.1) is 0 Å². The molecule has 108 valence electrons. The average Bonchev–Trinajstić information content (AvgIpc) is 2.39. The van der Waals surface area contributed by atoms with Crippen molar-refractivity contribution in [2.75, 3.05) is 6.61 Å². The first kappa shape index (κ1) is 13.0. The van der Waals surface area contributed by atoms with Crippen molar-refractivity contribution in [1.82, 2.24) is 4.98 Å². The summed E-state index contributed by atoms with van der Waals surface area (Å²) in [5.74, 6) is 3.96. The summed E-state index contributed by atoms with van der Waals surface area (Å²) in [6.45, 7) is 2.77. The lowest BCUT2D eigenvalue weighted by Gasteiger charge is -2.56. The summed E-state index contributed by atoms with van der Waals surface area (Å²) in [6.07, 6.45) is 10.6. The normalized spacial score (nSPS) is 38.1. The molecular formula is C17H23NOS. The zero-order chi connectivity index (χ0) is 13.6. The zero-order valence-electron chi connectivity index (χ0n) is 12.2. The van der Waals surface area contributed by atoms with Crippen LogP contribution < -0.4 is 4.74 Å². The molecule has 3 heteroatoms. The van der Waals surface area contributed by atoms with Gasteiger partial charge in [0.2, 0.25) is 0 Å². The van der Waals surface area contributed by atoms with Gasteiger partial charge in [-0.25, -0.2) is 4.98 Å². The van der Waals surface area contributed by atoms with E-state index in [1.165, 1.54) is 38.5 Å². The van der Waals surface area contributed by atoms with Gasteiger partial charge >= 0.3 is 0 Å². The molecule has 5 rings (SSSR count). The molecule has 1 aromatic heterocycles. The van der Waals surface area contributed by atoms with Crippen LogP contribution in [0.4, 0.5) is 0 Å². The van der Waals surface area contributed by atoms with E-state index in [2.05, 4.69) is 11.1 Å². The van der Waals surface area contributed by atoms with E-state index >= 15 is 0 Å². The summed E-state index contributed by atoms with van der Waals surface area (Å²) in [5.41, 5.74) is 0. The summed E-state index contributed by atoms with van der Waals surface area (Å²) in [6, 6.07) is 4.05. The van der Waals surface area contributed by atoms with E-state index in [4.69, 9.17) is 4.74 Å². The fraction of sp³-hybridized carbons (Fsp3) is 0.706. The maximum absolute atomic E-state index is 5.77. The van der Waals surface area contributed by atoms with Gasteiger partial charge in [0.15, 0.2) is 5.75 Å². The third-order valence-corrected chi connectivity index (χ3v) is 6.76. The minimum atomic E-state index is 0.467. The second-order valence-electron chi connectivity index (χ2n) is 6.94. The summed E-state index contributed by atoms with van der Waals surface area (Å²) < 4.78 is 6.23. The number of hydrogen-bond donors (Lipinski definition) is 0. The summed E-state index contributed by atoms with van der Waals surface area (Å²) >= 11 is 2.03. The van der Waals surface area contributed by atoms with Crippen molar-refractivity contribution in [2.45, 2.75) is 55.2 Å². The first-order chi connectivity index (χ1) is 9.76. The molecule has 0 saturated heterocycles. The van der Waals surface area contributed by atoms with Crippen molar-refractivity contribution < 1.29 is 4.74 Å². The fourth-order valence-corrected chi connectivity index (χ4v) is 6.79. The Kier molecular flexibility index (Phi) is 3.21. The summed E-state index contributed by atoms with van der Waals surface area (Å²) in [4.78, 5) is 4.61. The van der Waals surface area contributed by atoms with Crippen molar-refractivity contribution in [2.24, 2.45) is 17.8 Å². The number of hydrogen-bond acceptors (Lipinski definition) is 3. The maximum Gasteiger partial charge on any atom is 0.151 e. The van der Waals surface area contributed by atoms with Crippen LogP contribution in [0.3, 0.4) is 0 Å². The molecule has 1 heterocycles. The standard InChI is InChI=1S/C17H23NOS/c1-2-19-15-4-3-5-18-16(15)20-17-9-12-6-13(10-17)8-14(7-12)11-17/h3-5,12-14H,2,6-11H2,1H3. The van der Waals surface area contributed by atoms with Crippen LogP contribution in [0.2, 0.25) is 0 Å². The molecule has 0 unspecified atom stereocenters. The lowest BCUT2D eigenvalue weighted by molar-refractivity contribution is 0.0382. The molecule has 2 nitrogen and oxygen atoms in total. The van der Waals surface area contributed by atoms with Crippen LogP contribution in [0.1, 0.15) is 45.4 Å². The molecular weight excluding hydrogens is 266 g/mol. The number of nitrogens with zero attached hydrogens (tertiary/aromatic N) is 1. The van der Waals surface area contributed by atoms with E-state index in [9.17, 15) is 0 Å². The van der Waals surface area contributed by atoms with Gasteiger partial charge in [0, 0.05) is 10.9 Å². The predicted molar refractivity (Wildman–Crippen MR) is 82.2 cm³/mol. The molecule has 0 N–H and O–H groups in total. The number of rotatable bonds is 4. The number of aromatic nitrogens is 1. The molecule has 0 spiro atoms. The van der Waals surface area contributed by atoms with Crippen LogP contribution in [-0.4, -0.2) is 16.3 Å². The lowest BCUT2D eigenvalue weighted by Crippen LogP contribution is -2.48. The second-order valence-corrected chi connectivity index (χ2v) is 8.40. The molecule has 4 bridgehead atoms. The Bertz CT molecular complexity index is 466. The molecule has 4 aliphatic carbocycles. The average molecular weight is 289 g/mol. The highest BCUT2D eigenvalue weighted by Gasteiger charge is 2.51. The van der Waals surface area contributed by atoms with Gasteiger partial charge in [-0.3, -0.25) is 0 Å². The van der Waals surface area contributed by atoms with Gasteiger partial charge in [0.1, 0.15) is 5.03 Å². The number of thioether (sulfide) groups is 1. The lowest BCUT2D eigenvalue weighted by atomic mass is 9.56. The van der Waals surface area contributed by atoms with E-state index in [0.29, 0.717) is 4.75 Å². The van der Waals surface area contributed by atoms with Crippen LogP contribution in [0.5, 0.6) is 5.75 Å². The van der Waals surface area contributed by atoms with Gasteiger partial charge in [0.05, 0.1) is 6.61 Å². The highest BCUT2D eigenvalue weighted by Crippen LogP contribution is 2.62. The molecule has 4 aliphatic rings. The van der Waals surface area contributed by atoms with E-state index in [1.807, 2.05) is 30.9 Å². The van der Waals surface area contributed by atoms with Crippen LogP contribution in [0, 0.1) is 17.8 Å². The topological polar surface area (TPSA) is 22.1 Å². The Hall–Kier alpha value is -0.700. The Labute approximate surface area is 125 Å². The third kappa shape index (κ3) is 2.24. The van der Waals surface area contributed by atoms with Gasteiger partial charge in [0.25, 0.3) is 0 Å². The number of ether oxygens (including phenoxy) is 1. The van der Waals surface area contributed by atoms with Gasteiger partial charge in [-0.1, -0.05) is 11.8 Å². The fourth-order valence-electron chi connectivity index (χ4n) is 5.08. The molecule has 0 amide bonds. The zero-order valence-corrected chi connectivity index (χ0v) is 13.0. The molecule has 20 heavy (non-hydrogen) atoms. The van der Waals surface area contributed by atoms with E-state index in [1.54, 1.807) is 0 Å². The molecule has 0 radical (unpaired) electrons. The minimum absolute atomic E-state index is 0.467. The van der Waals surface area contributed by atoms with Crippen molar-refractivity contribution in [3.63, 3.8) is 0 Å². The van der Waals surface area contributed by atoms with Crippen LogP contribution >= 0.6 is 11.8 Å². The predicted octanol–water partition coefficient (Wildman–Crippen LogP) is 4.54. The third-order valence-electron chi connectivity index (χ3n) is 5.33. The maximum atomic E-state index is 5.77. The monoisotopic (exact) mass is 289 g/mol. The first-order valence-corrected chi connectivity index (χ1v) is 8.85. The largest absolute Gasteiger partial charge is 0.491 e. The van der Waals surface area contributed by atoms with Crippen LogP contribution in [-0.2, 0) is 0 Å². The highest BCUT2D eigenvalue weighted by molar-refractivity contribution is 8.00. The Morgan fingerprint density at radius 3 is 2.45 bits per heavy atom. The van der Waals surface area contributed by atoms with E-state index in [-0.39, 0.29) is 0 Å². The van der Waals surface area contributed by atoms with Crippen LogP contribution in [0.25, 0.3) is 0 Å². The van der Waals surface area contributed by atoms with Crippen molar-refractivity contribution >= 4 is 11.8 Å². The van der Waals surface area contributed by atoms with Crippen LogP contribution in [0.15, 0.2) is 23.4 Å². The van der Waals surface area contributed by atoms with E-state index < -0.39 is 0 Å². The number of pyridine rings is 1. The van der Waals surface area contributed by atoms with E-state index in [0.717, 1.165) is 35.1 Å². The minimum Gasteiger partial charge on any atom is -0.491 e. The molecule has 0 aromatic carbocycles. The smallest absolute Gasteiger partial charge is 0.151 e. The molecule has 4 fully saturated rings. The van der Waals surface area contributed by atoms with Gasteiger partial charge in [-0.2, -0.15) is 0 Å². The highest BCUT2D eigenvalue weighted by atomic mass is 32.2. The Morgan fingerprint density at radius 2 is 1.85 bits per heavy atom. The molecule has 1 aromatic rings. The van der Waals surface area contributed by atoms with Crippen molar-refractivity contribution in [1.29, 1.82) is 0 Å². The van der Waals surface area contributed by atoms with Gasteiger partial charge < -0.3 is 4.74 Å². The van der Waals surface area contributed by atoms with Crippen molar-refractivity contribution in [3.05, 3.63) is 18.3 Å². The first-order valence-electron chi connectivity index (χ1n) is 8.03.